The third kappa shape index (κ3) is 3.56. The fourth-order valence-electron chi connectivity index (χ4n) is 2.29. The largest absolute Gasteiger partial charge is 0.462 e. The van der Waals surface area contributed by atoms with E-state index in [1.807, 2.05) is 0 Å². The van der Waals surface area contributed by atoms with Crippen LogP contribution in [0.15, 0.2) is 40.2 Å². The van der Waals surface area contributed by atoms with Crippen molar-refractivity contribution in [2.75, 3.05) is 6.61 Å². The maximum atomic E-state index is 12.2. The monoisotopic (exact) mass is 358 g/mol. The van der Waals surface area contributed by atoms with E-state index in [1.165, 1.54) is 29.1 Å². The maximum absolute atomic E-state index is 12.2. The zero-order valence-electron chi connectivity index (χ0n) is 13.2. The molecule has 0 aliphatic carbocycles. The van der Waals surface area contributed by atoms with E-state index in [2.05, 4.69) is 15.0 Å². The number of carbonyl (C=O) groups is 1. The molecule has 0 radical (unpaired) electrons. The number of H-pyrrole nitrogens is 2. The molecule has 2 aromatic heterocycles. The highest BCUT2D eigenvalue weighted by atomic mass is 32.1. The molecule has 128 valence electrons. The molecule has 0 saturated carbocycles. The first-order valence-electron chi connectivity index (χ1n) is 7.39. The summed E-state index contributed by atoms with van der Waals surface area (Å²) < 4.78 is 6.81. The van der Waals surface area contributed by atoms with E-state index in [0.717, 1.165) is 5.56 Å². The number of fused-ring (bicyclic) bond motifs is 1. The van der Waals surface area contributed by atoms with E-state index in [9.17, 15) is 14.4 Å². The van der Waals surface area contributed by atoms with Gasteiger partial charge in [0.05, 0.1) is 23.1 Å². The number of rotatable bonds is 4. The minimum absolute atomic E-state index is 0.136. The normalized spacial score (nSPS) is 10.8. The number of nitrogens with zero attached hydrogens (tertiary/aromatic N) is 2. The van der Waals surface area contributed by atoms with E-state index >= 15 is 0 Å². The van der Waals surface area contributed by atoms with Crippen LogP contribution in [-0.4, -0.2) is 32.1 Å². The number of aromatic amines is 2. The van der Waals surface area contributed by atoms with Crippen LogP contribution in [0.2, 0.25) is 0 Å². The Morgan fingerprint density at radius 3 is 2.88 bits per heavy atom. The molecule has 0 atom stereocenters. The van der Waals surface area contributed by atoms with Crippen molar-refractivity contribution in [1.29, 1.82) is 0 Å². The highest BCUT2D eigenvalue weighted by Crippen LogP contribution is 2.12. The van der Waals surface area contributed by atoms with E-state index in [0.29, 0.717) is 22.9 Å². The summed E-state index contributed by atoms with van der Waals surface area (Å²) in [7, 11) is 1.58. The summed E-state index contributed by atoms with van der Waals surface area (Å²) in [5.41, 5.74) is 0.876. The Balaban J connectivity index is 1.75. The lowest BCUT2D eigenvalue weighted by molar-refractivity contribution is 0.0509. The van der Waals surface area contributed by atoms with Crippen LogP contribution in [0, 0.1) is 4.77 Å². The third-order valence-electron chi connectivity index (χ3n) is 3.69. The predicted octanol–water partition coefficient (Wildman–Crippen LogP) is 1.08. The highest BCUT2D eigenvalue weighted by Gasteiger charge is 2.10. The van der Waals surface area contributed by atoms with Crippen LogP contribution < -0.4 is 11.2 Å². The van der Waals surface area contributed by atoms with Gasteiger partial charge in [0, 0.05) is 25.9 Å². The van der Waals surface area contributed by atoms with Gasteiger partial charge < -0.3 is 14.7 Å². The minimum Gasteiger partial charge on any atom is -0.462 e. The van der Waals surface area contributed by atoms with E-state index in [1.54, 1.807) is 13.1 Å². The van der Waals surface area contributed by atoms with Crippen molar-refractivity contribution in [3.63, 3.8) is 0 Å². The molecule has 1 aromatic carbocycles. The molecule has 25 heavy (non-hydrogen) atoms. The average Bonchev–Trinajstić information content (AvgIpc) is 2.61. The molecule has 0 aliphatic heterocycles. The Bertz CT molecular complexity index is 1110. The summed E-state index contributed by atoms with van der Waals surface area (Å²) >= 11 is 5.07. The molecule has 2 heterocycles. The second-order valence-electron chi connectivity index (χ2n) is 5.37. The molecule has 0 spiro atoms. The molecule has 0 bridgehead atoms. The van der Waals surface area contributed by atoms with Crippen molar-refractivity contribution < 1.29 is 9.53 Å². The number of carbonyl (C=O) groups excluding carboxylic acids is 1. The van der Waals surface area contributed by atoms with Crippen LogP contribution in [0.25, 0.3) is 10.9 Å². The average molecular weight is 358 g/mol. The summed E-state index contributed by atoms with van der Waals surface area (Å²) in [4.78, 5) is 44.1. The molecule has 3 rings (SSSR count). The standard InChI is InChI=1S/C16H14N4O4S/c1-20-13(21)11-3-2-10(6-12(11)19-16(20)25)14(22)24-5-4-9-7-17-15(23)18-8-9/h2-3,6-8H,4-5H2,1H3,(H,19,25)(H,17,18,23). The Morgan fingerprint density at radius 2 is 2.16 bits per heavy atom. The van der Waals surface area contributed by atoms with Crippen LogP contribution in [0.4, 0.5) is 0 Å². The first-order chi connectivity index (χ1) is 12.0. The van der Waals surface area contributed by atoms with Gasteiger partial charge in [0.25, 0.3) is 5.56 Å². The van der Waals surface area contributed by atoms with E-state index in [-0.39, 0.29) is 16.9 Å². The molecular weight excluding hydrogens is 344 g/mol. The van der Waals surface area contributed by atoms with Crippen molar-refractivity contribution in [2.45, 2.75) is 6.42 Å². The van der Waals surface area contributed by atoms with Gasteiger partial charge in [0.1, 0.15) is 0 Å². The molecule has 8 nitrogen and oxygen atoms in total. The van der Waals surface area contributed by atoms with Gasteiger partial charge in [-0.3, -0.25) is 9.36 Å². The van der Waals surface area contributed by atoms with Gasteiger partial charge in [0.2, 0.25) is 0 Å². The zero-order chi connectivity index (χ0) is 18.0. The summed E-state index contributed by atoms with van der Waals surface area (Å²) in [5.74, 6) is -0.515. The molecule has 0 amide bonds. The summed E-state index contributed by atoms with van der Waals surface area (Å²) in [6, 6.07) is 4.63. The van der Waals surface area contributed by atoms with Crippen LogP contribution in [-0.2, 0) is 18.2 Å². The smallest absolute Gasteiger partial charge is 0.344 e. The second-order valence-corrected chi connectivity index (χ2v) is 5.75. The molecular formula is C16H14N4O4S. The second kappa shape index (κ2) is 6.81. The molecule has 0 fully saturated rings. The number of hydrogen-bond donors (Lipinski definition) is 2. The Labute approximate surface area is 146 Å². The Kier molecular flexibility index (Phi) is 4.57. The van der Waals surface area contributed by atoms with Crippen LogP contribution >= 0.6 is 12.2 Å². The van der Waals surface area contributed by atoms with E-state index < -0.39 is 11.7 Å². The number of nitrogens with one attached hydrogen (secondary N) is 2. The van der Waals surface area contributed by atoms with Gasteiger partial charge >= 0.3 is 11.7 Å². The van der Waals surface area contributed by atoms with Gasteiger partial charge in [-0.05, 0) is 36.0 Å². The van der Waals surface area contributed by atoms with Crippen LogP contribution in [0.5, 0.6) is 0 Å². The van der Waals surface area contributed by atoms with E-state index in [4.69, 9.17) is 17.0 Å². The highest BCUT2D eigenvalue weighted by molar-refractivity contribution is 7.71. The van der Waals surface area contributed by atoms with Gasteiger partial charge in [0.15, 0.2) is 4.77 Å². The molecule has 2 N–H and O–H groups in total. The van der Waals surface area contributed by atoms with Crippen molar-refractivity contribution in [2.24, 2.45) is 7.05 Å². The number of benzene rings is 1. The van der Waals surface area contributed by atoms with Gasteiger partial charge in [-0.25, -0.2) is 14.6 Å². The molecule has 9 heteroatoms. The lowest BCUT2D eigenvalue weighted by Crippen LogP contribution is -2.19. The summed E-state index contributed by atoms with van der Waals surface area (Å²) in [5, 5.41) is 0.437. The van der Waals surface area contributed by atoms with Gasteiger partial charge in [-0.1, -0.05) is 0 Å². The molecule has 0 saturated heterocycles. The SMILES string of the molecule is Cn1c(=S)[nH]c2cc(C(=O)OCCc3cnc(=O)[nH]c3)ccc2c1=O. The fourth-order valence-corrected chi connectivity index (χ4v) is 2.48. The number of esters is 1. The minimum atomic E-state index is -0.515. The third-order valence-corrected chi connectivity index (χ3v) is 4.07. The molecule has 0 aliphatic rings. The van der Waals surface area contributed by atoms with Crippen molar-refractivity contribution in [1.82, 2.24) is 19.5 Å². The first kappa shape index (κ1) is 16.8. The zero-order valence-corrected chi connectivity index (χ0v) is 14.1. The van der Waals surface area contributed by atoms with Crippen molar-refractivity contribution in [3.05, 3.63) is 67.3 Å². The molecule has 0 unspecified atom stereocenters. The lowest BCUT2D eigenvalue weighted by Gasteiger charge is -2.07. The number of ether oxygens (including phenoxy) is 1. The van der Waals surface area contributed by atoms with Crippen LogP contribution in [0.3, 0.4) is 0 Å². The fraction of sp³-hybridized carbons (Fsp3) is 0.188. The quantitative estimate of drug-likeness (QED) is 0.533. The first-order valence-corrected chi connectivity index (χ1v) is 7.80. The van der Waals surface area contributed by atoms with Gasteiger partial charge in [-0.2, -0.15) is 0 Å². The van der Waals surface area contributed by atoms with Crippen LogP contribution in [0.1, 0.15) is 15.9 Å². The predicted molar refractivity (Wildman–Crippen MR) is 93.2 cm³/mol. The summed E-state index contributed by atoms with van der Waals surface area (Å²) in [6.07, 6.45) is 3.37. The summed E-state index contributed by atoms with van der Waals surface area (Å²) in [6.45, 7) is 0.136. The topological polar surface area (TPSA) is 110 Å². The maximum Gasteiger partial charge on any atom is 0.344 e. The number of hydrogen-bond acceptors (Lipinski definition) is 6. The Morgan fingerprint density at radius 1 is 1.36 bits per heavy atom. The van der Waals surface area contributed by atoms with Gasteiger partial charge in [-0.15, -0.1) is 0 Å². The van der Waals surface area contributed by atoms with Crippen molar-refractivity contribution >= 4 is 29.1 Å². The number of aromatic nitrogens is 4. The lowest BCUT2D eigenvalue weighted by atomic mass is 10.1. The van der Waals surface area contributed by atoms with Crippen molar-refractivity contribution in [3.8, 4) is 0 Å². The molecule has 3 aromatic rings. The Hall–Kier alpha value is -3.07.